The molecular formula is C20H18ClN3O4. The molecule has 8 heteroatoms. The van der Waals surface area contributed by atoms with Crippen molar-refractivity contribution in [3.63, 3.8) is 0 Å². The van der Waals surface area contributed by atoms with Crippen LogP contribution in [0.4, 0.5) is 5.69 Å². The Morgan fingerprint density at radius 3 is 2.61 bits per heavy atom. The second-order valence-corrected chi connectivity index (χ2v) is 6.35. The summed E-state index contributed by atoms with van der Waals surface area (Å²) in [6.45, 7) is 1.47. The van der Waals surface area contributed by atoms with Crippen molar-refractivity contribution in [1.82, 2.24) is 10.2 Å². The molecule has 0 aliphatic carbocycles. The van der Waals surface area contributed by atoms with Crippen LogP contribution in [0.1, 0.15) is 17.4 Å². The minimum absolute atomic E-state index is 0.152. The van der Waals surface area contributed by atoms with Crippen LogP contribution in [0.3, 0.4) is 0 Å². The SMILES string of the molecule is COc1ccc(Cl)cc1NC(=O)[C@H](C)OC(=O)c1cc(-c2ccccc2)n[nH]1. The zero-order chi connectivity index (χ0) is 20.1. The molecule has 0 aliphatic rings. The number of carbonyl (C=O) groups is 2. The van der Waals surface area contributed by atoms with Crippen molar-refractivity contribution in [2.75, 3.05) is 12.4 Å². The number of amides is 1. The van der Waals surface area contributed by atoms with Gasteiger partial charge in [-0.15, -0.1) is 0 Å². The summed E-state index contributed by atoms with van der Waals surface area (Å²) in [6, 6.07) is 15.8. The van der Waals surface area contributed by atoms with Crippen molar-refractivity contribution in [2.45, 2.75) is 13.0 Å². The van der Waals surface area contributed by atoms with E-state index in [1.807, 2.05) is 30.3 Å². The van der Waals surface area contributed by atoms with Gasteiger partial charge in [-0.25, -0.2) is 4.79 Å². The molecule has 28 heavy (non-hydrogen) atoms. The Morgan fingerprint density at radius 1 is 1.14 bits per heavy atom. The Bertz CT molecular complexity index is 988. The zero-order valence-corrected chi connectivity index (χ0v) is 16.0. The first kappa shape index (κ1) is 19.4. The predicted molar refractivity (Wildman–Crippen MR) is 106 cm³/mol. The number of rotatable bonds is 6. The van der Waals surface area contributed by atoms with E-state index >= 15 is 0 Å². The van der Waals surface area contributed by atoms with Gasteiger partial charge in [0.1, 0.15) is 11.4 Å². The minimum atomic E-state index is -1.04. The number of methoxy groups -OCH3 is 1. The smallest absolute Gasteiger partial charge is 0.357 e. The fourth-order valence-corrected chi connectivity index (χ4v) is 2.64. The lowest BCUT2D eigenvalue weighted by atomic mass is 10.1. The van der Waals surface area contributed by atoms with Gasteiger partial charge in [0.25, 0.3) is 5.91 Å². The standard InChI is InChI=1S/C20H18ClN3O4/c1-12(19(25)22-16-10-14(21)8-9-18(16)27-2)28-20(26)17-11-15(23-24-17)13-6-4-3-5-7-13/h3-12H,1-2H3,(H,22,25)(H,23,24)/t12-/m0/s1. The van der Waals surface area contributed by atoms with Gasteiger partial charge in [-0.1, -0.05) is 41.9 Å². The van der Waals surface area contributed by atoms with Crippen LogP contribution in [0.25, 0.3) is 11.3 Å². The maximum absolute atomic E-state index is 12.4. The van der Waals surface area contributed by atoms with Gasteiger partial charge in [-0.3, -0.25) is 9.89 Å². The first-order chi connectivity index (χ1) is 13.5. The highest BCUT2D eigenvalue weighted by Crippen LogP contribution is 2.28. The molecule has 2 aromatic carbocycles. The molecule has 0 fully saturated rings. The van der Waals surface area contributed by atoms with E-state index in [9.17, 15) is 9.59 Å². The normalized spacial score (nSPS) is 11.5. The Balaban J connectivity index is 1.65. The van der Waals surface area contributed by atoms with Crippen LogP contribution in [-0.2, 0) is 9.53 Å². The largest absolute Gasteiger partial charge is 0.495 e. The summed E-state index contributed by atoms with van der Waals surface area (Å²) in [5.74, 6) is -0.760. The number of hydrogen-bond acceptors (Lipinski definition) is 5. The Morgan fingerprint density at radius 2 is 1.89 bits per heavy atom. The Kier molecular flexibility index (Phi) is 5.96. The van der Waals surface area contributed by atoms with Crippen LogP contribution >= 0.6 is 11.6 Å². The van der Waals surface area contributed by atoms with E-state index in [0.717, 1.165) is 5.56 Å². The highest BCUT2D eigenvalue weighted by Gasteiger charge is 2.22. The Hall–Kier alpha value is -3.32. The summed E-state index contributed by atoms with van der Waals surface area (Å²) in [5.41, 5.74) is 2.00. The molecule has 1 atom stereocenters. The lowest BCUT2D eigenvalue weighted by Crippen LogP contribution is -2.30. The van der Waals surface area contributed by atoms with Crippen LogP contribution < -0.4 is 10.1 Å². The van der Waals surface area contributed by atoms with Crippen LogP contribution in [-0.4, -0.2) is 35.3 Å². The number of hydrogen-bond donors (Lipinski definition) is 2. The van der Waals surface area contributed by atoms with Crippen molar-refractivity contribution < 1.29 is 19.1 Å². The van der Waals surface area contributed by atoms with Crippen LogP contribution in [0, 0.1) is 0 Å². The third-order valence-electron chi connectivity index (χ3n) is 3.94. The number of benzene rings is 2. The minimum Gasteiger partial charge on any atom is -0.495 e. The van der Waals surface area contributed by atoms with Gasteiger partial charge in [-0.05, 0) is 31.2 Å². The molecular weight excluding hydrogens is 382 g/mol. The molecule has 0 aliphatic heterocycles. The van der Waals surface area contributed by atoms with Crippen molar-refractivity contribution in [3.8, 4) is 17.0 Å². The number of esters is 1. The summed E-state index contributed by atoms with van der Waals surface area (Å²) in [4.78, 5) is 24.7. The van der Waals surface area contributed by atoms with E-state index in [1.54, 1.807) is 24.3 Å². The van der Waals surface area contributed by atoms with Gasteiger partial charge in [0.05, 0.1) is 18.5 Å². The predicted octanol–water partition coefficient (Wildman–Crippen LogP) is 3.92. The topological polar surface area (TPSA) is 93.3 Å². The number of ether oxygens (including phenoxy) is 2. The summed E-state index contributed by atoms with van der Waals surface area (Å²) in [7, 11) is 1.48. The van der Waals surface area contributed by atoms with Gasteiger partial charge in [0.2, 0.25) is 0 Å². The number of anilines is 1. The van der Waals surface area contributed by atoms with Gasteiger partial charge >= 0.3 is 5.97 Å². The van der Waals surface area contributed by atoms with Gasteiger partial charge in [-0.2, -0.15) is 5.10 Å². The average Bonchev–Trinajstić information content (AvgIpc) is 3.19. The molecule has 1 amide bonds. The van der Waals surface area contributed by atoms with Crippen molar-refractivity contribution in [3.05, 3.63) is 65.3 Å². The molecule has 3 rings (SSSR count). The van der Waals surface area contributed by atoms with E-state index in [0.29, 0.717) is 22.2 Å². The second-order valence-electron chi connectivity index (χ2n) is 5.91. The monoisotopic (exact) mass is 399 g/mol. The molecule has 3 aromatic rings. The third kappa shape index (κ3) is 4.50. The van der Waals surface area contributed by atoms with E-state index < -0.39 is 18.0 Å². The highest BCUT2D eigenvalue weighted by molar-refractivity contribution is 6.31. The number of H-pyrrole nitrogens is 1. The molecule has 1 aromatic heterocycles. The second kappa shape index (κ2) is 8.58. The van der Waals surface area contributed by atoms with E-state index in [-0.39, 0.29) is 5.69 Å². The number of aromatic amines is 1. The maximum atomic E-state index is 12.4. The number of halogens is 1. The summed E-state index contributed by atoms with van der Waals surface area (Å²) in [6.07, 6.45) is -1.04. The molecule has 1 heterocycles. The van der Waals surface area contributed by atoms with Crippen LogP contribution in [0.15, 0.2) is 54.6 Å². The number of carbonyl (C=O) groups excluding carboxylic acids is 2. The van der Waals surface area contributed by atoms with Crippen molar-refractivity contribution in [2.24, 2.45) is 0 Å². The molecule has 0 saturated heterocycles. The fraction of sp³-hybridized carbons (Fsp3) is 0.150. The number of nitrogens with one attached hydrogen (secondary N) is 2. The summed E-state index contributed by atoms with van der Waals surface area (Å²) in [5, 5.41) is 9.81. The first-order valence-electron chi connectivity index (χ1n) is 8.44. The highest BCUT2D eigenvalue weighted by atomic mass is 35.5. The Labute approximate surface area is 166 Å². The van der Waals surface area contributed by atoms with E-state index in [4.69, 9.17) is 21.1 Å². The molecule has 7 nitrogen and oxygen atoms in total. The first-order valence-corrected chi connectivity index (χ1v) is 8.82. The lowest BCUT2D eigenvalue weighted by Gasteiger charge is -2.15. The summed E-state index contributed by atoms with van der Waals surface area (Å²) >= 11 is 5.95. The molecule has 0 saturated carbocycles. The average molecular weight is 400 g/mol. The molecule has 0 unspecified atom stereocenters. The quantitative estimate of drug-likeness (QED) is 0.613. The number of aromatic nitrogens is 2. The maximum Gasteiger partial charge on any atom is 0.357 e. The summed E-state index contributed by atoms with van der Waals surface area (Å²) < 4.78 is 10.4. The van der Waals surface area contributed by atoms with E-state index in [2.05, 4.69) is 15.5 Å². The van der Waals surface area contributed by atoms with E-state index in [1.165, 1.54) is 14.0 Å². The zero-order valence-electron chi connectivity index (χ0n) is 15.2. The molecule has 0 bridgehead atoms. The molecule has 0 radical (unpaired) electrons. The van der Waals surface area contributed by atoms with Gasteiger partial charge in [0, 0.05) is 10.6 Å². The third-order valence-corrected chi connectivity index (χ3v) is 4.17. The lowest BCUT2D eigenvalue weighted by molar-refractivity contribution is -0.123. The molecule has 0 spiro atoms. The van der Waals surface area contributed by atoms with Crippen molar-refractivity contribution >= 4 is 29.2 Å². The fourth-order valence-electron chi connectivity index (χ4n) is 2.47. The molecule has 144 valence electrons. The van der Waals surface area contributed by atoms with Crippen LogP contribution in [0.2, 0.25) is 5.02 Å². The van der Waals surface area contributed by atoms with Gasteiger partial charge in [0.15, 0.2) is 6.10 Å². The van der Waals surface area contributed by atoms with Crippen LogP contribution in [0.5, 0.6) is 5.75 Å². The van der Waals surface area contributed by atoms with Gasteiger partial charge < -0.3 is 14.8 Å². The molecule has 2 N–H and O–H groups in total. The number of nitrogens with zero attached hydrogens (tertiary/aromatic N) is 1. The van der Waals surface area contributed by atoms with Crippen molar-refractivity contribution in [1.29, 1.82) is 0 Å².